The van der Waals surface area contributed by atoms with Crippen LogP contribution in [-0.4, -0.2) is 41.4 Å². The molecule has 1 aromatic heterocycles. The molecule has 2 N–H and O–H groups in total. The van der Waals surface area contributed by atoms with E-state index in [4.69, 9.17) is 11.6 Å². The molecule has 3 rings (SSSR count). The maximum absolute atomic E-state index is 6.03. The average Bonchev–Trinajstić information content (AvgIpc) is 2.80. The average molecular weight is 319 g/mol. The number of anilines is 1. The van der Waals surface area contributed by atoms with E-state index < -0.39 is 0 Å². The van der Waals surface area contributed by atoms with E-state index in [1.54, 1.807) is 0 Å². The number of aryl methyl sites for hydroxylation is 1. The highest BCUT2D eigenvalue weighted by Crippen LogP contribution is 2.17. The van der Waals surface area contributed by atoms with E-state index >= 15 is 0 Å². The third kappa shape index (κ3) is 3.23. The lowest BCUT2D eigenvalue weighted by Gasteiger charge is -2.16. The maximum Gasteiger partial charge on any atom is 0.225 e. The molecule has 0 saturated heterocycles. The summed E-state index contributed by atoms with van der Waals surface area (Å²) in [6.07, 6.45) is 0.0950. The van der Waals surface area contributed by atoms with Crippen molar-refractivity contribution in [2.24, 2.45) is 4.99 Å². The van der Waals surface area contributed by atoms with Gasteiger partial charge in [0.1, 0.15) is 6.17 Å². The molecular formula is C15H19ClN6. The van der Waals surface area contributed by atoms with E-state index in [0.29, 0.717) is 5.02 Å². The Morgan fingerprint density at radius 2 is 2.18 bits per heavy atom. The van der Waals surface area contributed by atoms with E-state index in [0.717, 1.165) is 29.4 Å². The van der Waals surface area contributed by atoms with Crippen LogP contribution in [0.1, 0.15) is 5.69 Å². The fraction of sp³-hybridized carbons (Fsp3) is 0.333. The Labute approximate surface area is 134 Å². The molecule has 116 valence electrons. The predicted octanol–water partition coefficient (Wildman–Crippen LogP) is 1.93. The van der Waals surface area contributed by atoms with Crippen LogP contribution in [-0.2, 0) is 0 Å². The van der Waals surface area contributed by atoms with Gasteiger partial charge < -0.3 is 10.2 Å². The van der Waals surface area contributed by atoms with Crippen LogP contribution in [0.25, 0.3) is 0 Å². The molecule has 6 nitrogen and oxygen atoms in total. The minimum absolute atomic E-state index is 0.0950. The molecule has 2 aromatic rings. The molecule has 0 fully saturated rings. The fourth-order valence-corrected chi connectivity index (χ4v) is 2.57. The summed E-state index contributed by atoms with van der Waals surface area (Å²) in [5.41, 5.74) is 5.88. The molecule has 0 spiro atoms. The van der Waals surface area contributed by atoms with Gasteiger partial charge in [0.15, 0.2) is 5.49 Å². The smallest absolute Gasteiger partial charge is 0.225 e. The second kappa shape index (κ2) is 5.98. The van der Waals surface area contributed by atoms with E-state index in [-0.39, 0.29) is 6.17 Å². The van der Waals surface area contributed by atoms with Crippen molar-refractivity contribution < 1.29 is 0 Å². The first-order chi connectivity index (χ1) is 10.5. The number of nitrogens with zero attached hydrogens (tertiary/aromatic N) is 4. The zero-order valence-electron chi connectivity index (χ0n) is 12.8. The number of rotatable bonds is 3. The molecule has 0 bridgehead atoms. The number of nitrogens with one attached hydrogen (secondary N) is 2. The molecular weight excluding hydrogens is 300 g/mol. The van der Waals surface area contributed by atoms with Gasteiger partial charge in [-0.3, -0.25) is 5.43 Å². The molecule has 0 aliphatic carbocycles. The third-order valence-corrected chi connectivity index (χ3v) is 3.48. The first kappa shape index (κ1) is 14.9. The number of hydrogen-bond acceptors (Lipinski definition) is 5. The van der Waals surface area contributed by atoms with Crippen molar-refractivity contribution in [1.82, 2.24) is 14.6 Å². The van der Waals surface area contributed by atoms with Crippen molar-refractivity contribution in [1.29, 1.82) is 0 Å². The van der Waals surface area contributed by atoms with Crippen molar-refractivity contribution in [3.8, 4) is 0 Å². The molecule has 0 amide bonds. The van der Waals surface area contributed by atoms with Gasteiger partial charge in [0, 0.05) is 23.3 Å². The van der Waals surface area contributed by atoms with Gasteiger partial charge in [-0.05, 0) is 39.2 Å². The van der Waals surface area contributed by atoms with Crippen LogP contribution in [0.3, 0.4) is 0 Å². The highest BCUT2D eigenvalue weighted by atomic mass is 35.5. The summed E-state index contributed by atoms with van der Waals surface area (Å²) in [4.78, 5) is 11.3. The molecule has 0 radical (unpaired) electrons. The van der Waals surface area contributed by atoms with Crippen molar-refractivity contribution >= 4 is 23.2 Å². The van der Waals surface area contributed by atoms with E-state index in [1.807, 2.05) is 56.0 Å². The quantitative estimate of drug-likeness (QED) is 0.908. The first-order valence-electron chi connectivity index (χ1n) is 7.10. The molecule has 1 unspecified atom stereocenters. The summed E-state index contributed by atoms with van der Waals surface area (Å²) < 4.78 is 1.88. The second-order valence-corrected chi connectivity index (χ2v) is 6.03. The highest BCUT2D eigenvalue weighted by Gasteiger charge is 2.21. The zero-order valence-corrected chi connectivity index (χ0v) is 13.6. The minimum atomic E-state index is 0.0950. The van der Waals surface area contributed by atoms with Crippen LogP contribution >= 0.6 is 11.6 Å². The van der Waals surface area contributed by atoms with Gasteiger partial charge >= 0.3 is 0 Å². The van der Waals surface area contributed by atoms with Crippen LogP contribution in [0.5, 0.6) is 0 Å². The normalized spacial score (nSPS) is 17.3. The molecule has 0 saturated carbocycles. The van der Waals surface area contributed by atoms with Crippen LogP contribution in [0.2, 0.25) is 5.02 Å². The number of aromatic nitrogens is 2. The Kier molecular flexibility index (Phi) is 4.04. The molecule has 1 aliphatic heterocycles. The highest BCUT2D eigenvalue weighted by molar-refractivity contribution is 6.30. The predicted molar refractivity (Wildman–Crippen MR) is 89.0 cm³/mol. The Morgan fingerprint density at radius 1 is 1.36 bits per heavy atom. The summed E-state index contributed by atoms with van der Waals surface area (Å²) >= 11 is 6.03. The van der Waals surface area contributed by atoms with Crippen LogP contribution in [0.4, 0.5) is 11.6 Å². The molecule has 7 heteroatoms. The van der Waals surface area contributed by atoms with E-state index in [9.17, 15) is 0 Å². The molecule has 1 aromatic carbocycles. The van der Waals surface area contributed by atoms with Crippen LogP contribution < -0.4 is 16.2 Å². The lowest BCUT2D eigenvalue weighted by Crippen LogP contribution is -2.38. The van der Waals surface area contributed by atoms with Gasteiger partial charge in [-0.1, -0.05) is 17.7 Å². The summed E-state index contributed by atoms with van der Waals surface area (Å²) in [6, 6.07) is 9.43. The van der Waals surface area contributed by atoms with Crippen molar-refractivity contribution in [3.63, 3.8) is 0 Å². The monoisotopic (exact) mass is 318 g/mol. The van der Waals surface area contributed by atoms with Crippen LogP contribution in [0, 0.1) is 6.92 Å². The minimum Gasteiger partial charge on any atom is -0.332 e. The van der Waals surface area contributed by atoms with Gasteiger partial charge in [0.05, 0.1) is 5.69 Å². The van der Waals surface area contributed by atoms with Crippen molar-refractivity contribution in [3.05, 3.63) is 46.5 Å². The third-order valence-electron chi connectivity index (χ3n) is 3.25. The number of halogens is 1. The van der Waals surface area contributed by atoms with Crippen LogP contribution in [0.15, 0.2) is 35.3 Å². The number of likely N-dealkylation sites (N-methyl/N-ethyl adjacent to an activating group) is 1. The molecule has 1 aliphatic rings. The van der Waals surface area contributed by atoms with Gasteiger partial charge in [-0.25, -0.2) is 14.7 Å². The van der Waals surface area contributed by atoms with Gasteiger partial charge in [0.25, 0.3) is 0 Å². The summed E-state index contributed by atoms with van der Waals surface area (Å²) in [7, 11) is 4.07. The van der Waals surface area contributed by atoms with Gasteiger partial charge in [-0.2, -0.15) is 0 Å². The number of fused-ring (bicyclic) bond motifs is 1. The number of hydrogen-bond donors (Lipinski definition) is 2. The number of benzene rings is 1. The SMILES string of the molecule is Cc1cc(=Nc2cccc(Cl)c2)n2c(n1)NC(CN(C)C)N2. The summed E-state index contributed by atoms with van der Waals surface area (Å²) in [5, 5.41) is 4.03. The van der Waals surface area contributed by atoms with Gasteiger partial charge in [0.2, 0.25) is 5.95 Å². The largest absolute Gasteiger partial charge is 0.332 e. The molecule has 2 heterocycles. The second-order valence-electron chi connectivity index (χ2n) is 5.59. The Hall–Kier alpha value is -2.05. The van der Waals surface area contributed by atoms with E-state index in [2.05, 4.69) is 25.6 Å². The maximum atomic E-state index is 6.03. The van der Waals surface area contributed by atoms with Crippen molar-refractivity contribution in [2.75, 3.05) is 31.4 Å². The zero-order chi connectivity index (χ0) is 15.7. The summed E-state index contributed by atoms with van der Waals surface area (Å²) in [6.45, 7) is 2.80. The Morgan fingerprint density at radius 3 is 2.91 bits per heavy atom. The van der Waals surface area contributed by atoms with Gasteiger partial charge in [-0.15, -0.1) is 0 Å². The summed E-state index contributed by atoms with van der Waals surface area (Å²) in [5.74, 6) is 0.771. The lowest BCUT2D eigenvalue weighted by atomic mass is 10.3. The first-order valence-corrected chi connectivity index (χ1v) is 7.48. The van der Waals surface area contributed by atoms with Crippen molar-refractivity contribution in [2.45, 2.75) is 13.1 Å². The van der Waals surface area contributed by atoms with E-state index in [1.165, 1.54) is 0 Å². The Bertz CT molecular complexity index is 752. The fourth-order valence-electron chi connectivity index (χ4n) is 2.39. The molecule has 22 heavy (non-hydrogen) atoms. The standard InChI is InChI=1S/C15H19ClN6/c1-10-7-14(18-12-6-4-5-11(16)8-12)22-15(17-10)19-13(20-22)9-21(2)3/h4-8,13,20H,9H2,1-3H3,(H,17,19). The topological polar surface area (TPSA) is 57.5 Å². The Balaban J connectivity index is 2.01. The lowest BCUT2D eigenvalue weighted by molar-refractivity contribution is 0.393. The molecule has 1 atom stereocenters.